The first kappa shape index (κ1) is 14.5. The molecule has 1 aromatic carbocycles. The van der Waals surface area contributed by atoms with Crippen molar-refractivity contribution in [3.05, 3.63) is 39.3 Å². The van der Waals surface area contributed by atoms with Crippen molar-refractivity contribution in [2.24, 2.45) is 5.92 Å². The predicted octanol–water partition coefficient (Wildman–Crippen LogP) is 4.67. The molecule has 1 aliphatic rings. The standard InChI is InChI=1S/C15H16BrN3OS/c1-9-6-7-12-13(8-9)21-15(18-12)19-14(20)17-11-5-3-2-4-10(11)16/h2-5,9H,6-8H2,1H3,(H2,17,18,19,20)/t9-/m1/s1. The van der Waals surface area contributed by atoms with Crippen LogP contribution in [0.3, 0.4) is 0 Å². The molecule has 0 aliphatic heterocycles. The fraction of sp³-hybridized carbons (Fsp3) is 0.333. The van der Waals surface area contributed by atoms with Crippen LogP contribution in [-0.2, 0) is 12.8 Å². The molecule has 3 rings (SSSR count). The number of nitrogens with zero attached hydrogens (tertiary/aromatic N) is 1. The van der Waals surface area contributed by atoms with Gasteiger partial charge in [0.2, 0.25) is 0 Å². The van der Waals surface area contributed by atoms with Crippen LogP contribution >= 0.6 is 27.3 Å². The normalized spacial score (nSPS) is 17.1. The Morgan fingerprint density at radius 1 is 1.38 bits per heavy atom. The molecule has 0 radical (unpaired) electrons. The summed E-state index contributed by atoms with van der Waals surface area (Å²) >= 11 is 5.00. The lowest BCUT2D eigenvalue weighted by molar-refractivity contribution is 0.262. The van der Waals surface area contributed by atoms with Crippen LogP contribution in [-0.4, -0.2) is 11.0 Å². The molecule has 2 amide bonds. The van der Waals surface area contributed by atoms with Crippen molar-refractivity contribution in [1.82, 2.24) is 4.98 Å². The van der Waals surface area contributed by atoms with E-state index in [-0.39, 0.29) is 6.03 Å². The predicted molar refractivity (Wildman–Crippen MR) is 90.1 cm³/mol. The molecular weight excluding hydrogens is 350 g/mol. The van der Waals surface area contributed by atoms with Crippen LogP contribution in [0.4, 0.5) is 15.6 Å². The molecule has 21 heavy (non-hydrogen) atoms. The lowest BCUT2D eigenvalue weighted by Gasteiger charge is -2.15. The number of carbonyl (C=O) groups is 1. The number of urea groups is 1. The summed E-state index contributed by atoms with van der Waals surface area (Å²) in [7, 11) is 0. The van der Waals surface area contributed by atoms with E-state index in [1.54, 1.807) is 11.3 Å². The van der Waals surface area contributed by atoms with Crippen LogP contribution in [0.25, 0.3) is 0 Å². The maximum atomic E-state index is 12.0. The molecule has 1 atom stereocenters. The lowest BCUT2D eigenvalue weighted by atomic mass is 9.93. The van der Waals surface area contributed by atoms with Crippen molar-refractivity contribution in [2.75, 3.05) is 10.6 Å². The molecule has 0 saturated heterocycles. The third-order valence-electron chi connectivity index (χ3n) is 3.53. The minimum absolute atomic E-state index is 0.263. The van der Waals surface area contributed by atoms with E-state index in [1.807, 2.05) is 24.3 Å². The highest BCUT2D eigenvalue weighted by atomic mass is 79.9. The third kappa shape index (κ3) is 3.44. The minimum atomic E-state index is -0.263. The molecule has 1 heterocycles. The van der Waals surface area contributed by atoms with Gasteiger partial charge in [-0.1, -0.05) is 19.1 Å². The Morgan fingerprint density at radius 3 is 3.00 bits per heavy atom. The zero-order valence-corrected chi connectivity index (χ0v) is 14.1. The van der Waals surface area contributed by atoms with Crippen molar-refractivity contribution >= 4 is 44.1 Å². The highest BCUT2D eigenvalue weighted by Crippen LogP contribution is 2.32. The molecule has 0 saturated carbocycles. The summed E-state index contributed by atoms with van der Waals surface area (Å²) in [6.07, 6.45) is 3.26. The Balaban J connectivity index is 1.67. The van der Waals surface area contributed by atoms with Gasteiger partial charge in [-0.15, -0.1) is 11.3 Å². The van der Waals surface area contributed by atoms with Gasteiger partial charge in [0.25, 0.3) is 0 Å². The van der Waals surface area contributed by atoms with E-state index >= 15 is 0 Å². The number of anilines is 2. The summed E-state index contributed by atoms with van der Waals surface area (Å²) in [6, 6.07) is 7.26. The summed E-state index contributed by atoms with van der Waals surface area (Å²) in [5.41, 5.74) is 1.89. The molecular formula is C15H16BrN3OS. The quantitative estimate of drug-likeness (QED) is 0.811. The molecule has 0 spiro atoms. The number of aromatic nitrogens is 1. The first-order valence-electron chi connectivity index (χ1n) is 6.93. The molecule has 2 N–H and O–H groups in total. The van der Waals surface area contributed by atoms with Crippen molar-refractivity contribution in [2.45, 2.75) is 26.2 Å². The summed E-state index contributed by atoms with van der Waals surface area (Å²) in [6.45, 7) is 2.26. The number of carbonyl (C=O) groups excluding carboxylic acids is 1. The number of hydrogen-bond donors (Lipinski definition) is 2. The van der Waals surface area contributed by atoms with E-state index in [0.717, 1.165) is 28.7 Å². The number of halogens is 1. The van der Waals surface area contributed by atoms with Gasteiger partial charge in [-0.05, 0) is 53.2 Å². The zero-order chi connectivity index (χ0) is 14.8. The monoisotopic (exact) mass is 365 g/mol. The minimum Gasteiger partial charge on any atom is -0.307 e. The van der Waals surface area contributed by atoms with E-state index in [2.05, 4.69) is 38.5 Å². The Morgan fingerprint density at radius 2 is 2.19 bits per heavy atom. The third-order valence-corrected chi connectivity index (χ3v) is 5.26. The summed E-state index contributed by atoms with van der Waals surface area (Å²) < 4.78 is 0.854. The van der Waals surface area contributed by atoms with Crippen molar-refractivity contribution < 1.29 is 4.79 Å². The lowest BCUT2D eigenvalue weighted by Crippen LogP contribution is -2.19. The maximum Gasteiger partial charge on any atom is 0.325 e. The van der Waals surface area contributed by atoms with Gasteiger partial charge in [0.1, 0.15) is 0 Å². The highest BCUT2D eigenvalue weighted by Gasteiger charge is 2.20. The first-order valence-corrected chi connectivity index (χ1v) is 8.54. The summed E-state index contributed by atoms with van der Waals surface area (Å²) in [5, 5.41) is 6.32. The van der Waals surface area contributed by atoms with Gasteiger partial charge in [-0.2, -0.15) is 0 Å². The number of nitrogens with one attached hydrogen (secondary N) is 2. The average molecular weight is 366 g/mol. The summed E-state index contributed by atoms with van der Waals surface area (Å²) in [5.74, 6) is 0.708. The van der Waals surface area contributed by atoms with Crippen LogP contribution in [0.15, 0.2) is 28.7 Å². The Kier molecular flexibility index (Phi) is 4.26. The number of benzene rings is 1. The van der Waals surface area contributed by atoms with Gasteiger partial charge >= 0.3 is 6.03 Å². The highest BCUT2D eigenvalue weighted by molar-refractivity contribution is 9.10. The van der Waals surface area contributed by atoms with E-state index < -0.39 is 0 Å². The van der Waals surface area contributed by atoms with E-state index in [4.69, 9.17) is 0 Å². The smallest absolute Gasteiger partial charge is 0.307 e. The van der Waals surface area contributed by atoms with Crippen molar-refractivity contribution in [3.63, 3.8) is 0 Å². The Bertz CT molecular complexity index is 671. The van der Waals surface area contributed by atoms with Crippen LogP contribution in [0.1, 0.15) is 23.9 Å². The molecule has 0 fully saturated rings. The van der Waals surface area contributed by atoms with Crippen LogP contribution in [0, 0.1) is 5.92 Å². The second kappa shape index (κ2) is 6.15. The number of thiazole rings is 1. The SMILES string of the molecule is C[C@@H]1CCc2nc(NC(=O)Nc3ccccc3Br)sc2C1. The number of aryl methyl sites for hydroxylation is 1. The molecule has 4 nitrogen and oxygen atoms in total. The molecule has 110 valence electrons. The molecule has 0 bridgehead atoms. The fourth-order valence-electron chi connectivity index (χ4n) is 2.41. The van der Waals surface area contributed by atoms with E-state index in [0.29, 0.717) is 11.0 Å². The number of amides is 2. The van der Waals surface area contributed by atoms with Gasteiger partial charge in [0.15, 0.2) is 5.13 Å². The second-order valence-corrected chi connectivity index (χ2v) is 7.23. The number of para-hydroxylation sites is 1. The van der Waals surface area contributed by atoms with Gasteiger partial charge in [-0.25, -0.2) is 9.78 Å². The van der Waals surface area contributed by atoms with Crippen LogP contribution in [0.2, 0.25) is 0 Å². The maximum absolute atomic E-state index is 12.0. The van der Waals surface area contributed by atoms with Gasteiger partial charge in [-0.3, -0.25) is 5.32 Å². The molecule has 6 heteroatoms. The van der Waals surface area contributed by atoms with E-state index in [9.17, 15) is 4.79 Å². The van der Waals surface area contributed by atoms with Gasteiger partial charge in [0.05, 0.1) is 11.4 Å². The molecule has 0 unspecified atom stereocenters. The fourth-order valence-corrected chi connectivity index (χ4v) is 3.96. The van der Waals surface area contributed by atoms with Crippen LogP contribution < -0.4 is 10.6 Å². The molecule has 2 aromatic rings. The van der Waals surface area contributed by atoms with Gasteiger partial charge < -0.3 is 5.32 Å². The Hall–Kier alpha value is -1.40. The average Bonchev–Trinajstić information content (AvgIpc) is 2.82. The van der Waals surface area contributed by atoms with E-state index in [1.165, 1.54) is 11.3 Å². The largest absolute Gasteiger partial charge is 0.325 e. The number of fused-ring (bicyclic) bond motifs is 1. The molecule has 1 aliphatic carbocycles. The zero-order valence-electron chi connectivity index (χ0n) is 11.6. The Labute approximate surface area is 136 Å². The number of rotatable bonds is 2. The second-order valence-electron chi connectivity index (χ2n) is 5.30. The first-order chi connectivity index (χ1) is 10.1. The summed E-state index contributed by atoms with van der Waals surface area (Å²) in [4.78, 5) is 17.9. The number of hydrogen-bond acceptors (Lipinski definition) is 3. The van der Waals surface area contributed by atoms with Crippen molar-refractivity contribution in [1.29, 1.82) is 0 Å². The van der Waals surface area contributed by atoms with Gasteiger partial charge in [0, 0.05) is 9.35 Å². The van der Waals surface area contributed by atoms with Crippen molar-refractivity contribution in [3.8, 4) is 0 Å². The molecule has 1 aromatic heterocycles. The van der Waals surface area contributed by atoms with Crippen LogP contribution in [0.5, 0.6) is 0 Å². The topological polar surface area (TPSA) is 54.0 Å².